The fourth-order valence-electron chi connectivity index (χ4n) is 1.65. The predicted molar refractivity (Wildman–Crippen MR) is 88.9 cm³/mol. The summed E-state index contributed by atoms with van der Waals surface area (Å²) >= 11 is 3.28. The predicted octanol–water partition coefficient (Wildman–Crippen LogP) is 2.80. The molecule has 8 heteroatoms. The third-order valence-electron chi connectivity index (χ3n) is 2.81. The number of esters is 1. The van der Waals surface area contributed by atoms with Gasteiger partial charge in [-0.25, -0.2) is 13.2 Å². The van der Waals surface area contributed by atoms with Crippen molar-refractivity contribution in [3.63, 3.8) is 0 Å². The van der Waals surface area contributed by atoms with E-state index in [-0.39, 0.29) is 11.5 Å². The maximum absolute atomic E-state index is 12.3. The first-order valence-electron chi connectivity index (χ1n) is 6.49. The van der Waals surface area contributed by atoms with Crippen LogP contribution < -0.4 is 9.46 Å². The fourth-order valence-corrected chi connectivity index (χ4v) is 2.97. The minimum absolute atomic E-state index is 0.0887. The summed E-state index contributed by atoms with van der Waals surface area (Å²) < 4.78 is 37.5. The van der Waals surface area contributed by atoms with Gasteiger partial charge >= 0.3 is 5.97 Å². The van der Waals surface area contributed by atoms with E-state index in [1.807, 2.05) is 0 Å². The lowest BCUT2D eigenvalue weighted by atomic mass is 10.3. The molecule has 6 nitrogen and oxygen atoms in total. The van der Waals surface area contributed by atoms with Crippen LogP contribution in [0.3, 0.4) is 0 Å². The minimum atomic E-state index is -3.69. The molecule has 0 aliphatic heterocycles. The van der Waals surface area contributed by atoms with Crippen LogP contribution in [0.2, 0.25) is 0 Å². The number of nitrogens with one attached hydrogen (secondary N) is 1. The standard InChI is InChI=1S/C15H14BrNO5S/c1-21-15(18)10-22-13-6-8-14(9-7-13)23(19,20)17-12-4-2-11(16)3-5-12/h2-9,17H,10H2,1H3. The van der Waals surface area contributed by atoms with Crippen LogP contribution in [0, 0.1) is 0 Å². The Morgan fingerprint density at radius 3 is 2.26 bits per heavy atom. The van der Waals surface area contributed by atoms with Crippen LogP contribution in [-0.2, 0) is 19.6 Å². The molecule has 2 aromatic rings. The summed E-state index contributed by atoms with van der Waals surface area (Å²) in [7, 11) is -2.43. The lowest BCUT2D eigenvalue weighted by Crippen LogP contribution is -2.14. The van der Waals surface area contributed by atoms with Crippen molar-refractivity contribution in [1.82, 2.24) is 0 Å². The van der Waals surface area contributed by atoms with Gasteiger partial charge in [0.2, 0.25) is 0 Å². The molecule has 0 saturated carbocycles. The topological polar surface area (TPSA) is 81.7 Å². The Kier molecular flexibility index (Phi) is 5.62. The molecule has 0 aromatic heterocycles. The van der Waals surface area contributed by atoms with E-state index in [0.717, 1.165) is 4.47 Å². The number of methoxy groups -OCH3 is 1. The molecule has 122 valence electrons. The molecule has 0 aliphatic rings. The van der Waals surface area contributed by atoms with Crippen LogP contribution in [-0.4, -0.2) is 28.1 Å². The van der Waals surface area contributed by atoms with Crippen molar-refractivity contribution in [2.75, 3.05) is 18.4 Å². The van der Waals surface area contributed by atoms with Gasteiger partial charge in [0.05, 0.1) is 12.0 Å². The van der Waals surface area contributed by atoms with Crippen molar-refractivity contribution in [3.8, 4) is 5.75 Å². The number of benzene rings is 2. The zero-order chi connectivity index (χ0) is 16.9. The molecule has 0 spiro atoms. The Bertz CT molecular complexity index is 773. The molecular formula is C15H14BrNO5S. The van der Waals surface area contributed by atoms with Gasteiger partial charge in [-0.05, 0) is 48.5 Å². The second kappa shape index (κ2) is 7.47. The van der Waals surface area contributed by atoms with Gasteiger partial charge in [-0.15, -0.1) is 0 Å². The van der Waals surface area contributed by atoms with Gasteiger partial charge in [0, 0.05) is 10.2 Å². The molecule has 0 aliphatic carbocycles. The van der Waals surface area contributed by atoms with Gasteiger partial charge in [-0.3, -0.25) is 4.72 Å². The Hall–Kier alpha value is -2.06. The second-order valence-corrected chi connectivity index (χ2v) is 7.05. The Morgan fingerprint density at radius 2 is 1.70 bits per heavy atom. The molecule has 0 amide bonds. The molecule has 0 unspecified atom stereocenters. The molecule has 2 rings (SSSR count). The smallest absolute Gasteiger partial charge is 0.343 e. The SMILES string of the molecule is COC(=O)COc1ccc(S(=O)(=O)Nc2ccc(Br)cc2)cc1. The number of rotatable bonds is 6. The van der Waals surface area contributed by atoms with Gasteiger partial charge in [0.25, 0.3) is 10.0 Å². The van der Waals surface area contributed by atoms with Crippen molar-refractivity contribution in [2.45, 2.75) is 4.90 Å². The highest BCUT2D eigenvalue weighted by molar-refractivity contribution is 9.10. The highest BCUT2D eigenvalue weighted by Crippen LogP contribution is 2.20. The number of carbonyl (C=O) groups is 1. The summed E-state index contributed by atoms with van der Waals surface area (Å²) in [5.74, 6) is -0.142. The second-order valence-electron chi connectivity index (χ2n) is 4.45. The molecule has 23 heavy (non-hydrogen) atoms. The van der Waals surface area contributed by atoms with Gasteiger partial charge in [-0.1, -0.05) is 15.9 Å². The summed E-state index contributed by atoms with van der Waals surface area (Å²) in [6.07, 6.45) is 0. The summed E-state index contributed by atoms with van der Waals surface area (Å²) in [6.45, 7) is -0.236. The largest absolute Gasteiger partial charge is 0.482 e. The van der Waals surface area contributed by atoms with Gasteiger partial charge in [0.15, 0.2) is 6.61 Å². The lowest BCUT2D eigenvalue weighted by Gasteiger charge is -2.09. The number of hydrogen-bond donors (Lipinski definition) is 1. The third-order valence-corrected chi connectivity index (χ3v) is 4.74. The third kappa shape index (κ3) is 4.97. The van der Waals surface area contributed by atoms with Crippen LogP contribution in [0.15, 0.2) is 57.9 Å². The maximum atomic E-state index is 12.3. The summed E-state index contributed by atoms with van der Waals surface area (Å²) in [4.78, 5) is 11.1. The Labute approximate surface area is 142 Å². The van der Waals surface area contributed by atoms with Crippen LogP contribution in [0.1, 0.15) is 0 Å². The van der Waals surface area contributed by atoms with E-state index < -0.39 is 16.0 Å². The number of halogens is 1. The van der Waals surface area contributed by atoms with E-state index in [2.05, 4.69) is 25.4 Å². The highest BCUT2D eigenvalue weighted by Gasteiger charge is 2.14. The molecular weight excluding hydrogens is 386 g/mol. The van der Waals surface area contributed by atoms with Crippen molar-refractivity contribution in [2.24, 2.45) is 0 Å². The molecule has 0 radical (unpaired) electrons. The van der Waals surface area contributed by atoms with Gasteiger partial charge < -0.3 is 9.47 Å². The Morgan fingerprint density at radius 1 is 1.09 bits per heavy atom. The quantitative estimate of drug-likeness (QED) is 0.755. The van der Waals surface area contributed by atoms with Crippen LogP contribution in [0.25, 0.3) is 0 Å². The summed E-state index contributed by atoms with van der Waals surface area (Å²) in [6, 6.07) is 12.5. The Balaban J connectivity index is 2.08. The monoisotopic (exact) mass is 399 g/mol. The zero-order valence-corrected chi connectivity index (χ0v) is 14.6. The molecule has 0 atom stereocenters. The first-order valence-corrected chi connectivity index (χ1v) is 8.76. The lowest BCUT2D eigenvalue weighted by molar-refractivity contribution is -0.142. The summed E-state index contributed by atoms with van der Waals surface area (Å²) in [5.41, 5.74) is 0.458. The molecule has 2 aromatic carbocycles. The maximum Gasteiger partial charge on any atom is 0.343 e. The molecule has 0 heterocycles. The number of carbonyl (C=O) groups excluding carboxylic acids is 1. The average molecular weight is 400 g/mol. The zero-order valence-electron chi connectivity index (χ0n) is 12.2. The summed E-state index contributed by atoms with van der Waals surface area (Å²) in [5, 5.41) is 0. The van der Waals surface area contributed by atoms with E-state index in [0.29, 0.717) is 11.4 Å². The van der Waals surface area contributed by atoms with Crippen LogP contribution in [0.5, 0.6) is 5.75 Å². The number of sulfonamides is 1. The molecule has 0 saturated heterocycles. The number of ether oxygens (including phenoxy) is 2. The first-order chi connectivity index (χ1) is 10.9. The van der Waals surface area contributed by atoms with Gasteiger partial charge in [0.1, 0.15) is 5.75 Å². The normalized spacial score (nSPS) is 10.9. The van der Waals surface area contributed by atoms with Crippen molar-refractivity contribution >= 4 is 37.6 Å². The van der Waals surface area contributed by atoms with Crippen LogP contribution in [0.4, 0.5) is 5.69 Å². The van der Waals surface area contributed by atoms with E-state index >= 15 is 0 Å². The number of anilines is 1. The highest BCUT2D eigenvalue weighted by atomic mass is 79.9. The molecule has 1 N–H and O–H groups in total. The van der Waals surface area contributed by atoms with E-state index in [9.17, 15) is 13.2 Å². The van der Waals surface area contributed by atoms with E-state index in [1.54, 1.807) is 24.3 Å². The van der Waals surface area contributed by atoms with Crippen molar-refractivity contribution in [3.05, 3.63) is 53.0 Å². The van der Waals surface area contributed by atoms with E-state index in [4.69, 9.17) is 4.74 Å². The number of hydrogen-bond acceptors (Lipinski definition) is 5. The van der Waals surface area contributed by atoms with Crippen molar-refractivity contribution < 1.29 is 22.7 Å². The van der Waals surface area contributed by atoms with E-state index in [1.165, 1.54) is 31.4 Å². The molecule has 0 fully saturated rings. The van der Waals surface area contributed by atoms with Crippen LogP contribution >= 0.6 is 15.9 Å². The fraction of sp³-hybridized carbons (Fsp3) is 0.133. The first kappa shape index (κ1) is 17.3. The average Bonchev–Trinajstić information content (AvgIpc) is 2.55. The van der Waals surface area contributed by atoms with Crippen molar-refractivity contribution in [1.29, 1.82) is 0 Å². The minimum Gasteiger partial charge on any atom is -0.482 e. The van der Waals surface area contributed by atoms with Gasteiger partial charge in [-0.2, -0.15) is 0 Å². The molecule has 0 bridgehead atoms.